The van der Waals surface area contributed by atoms with E-state index in [0.717, 1.165) is 52.9 Å². The molecule has 7 nitrogen and oxygen atoms in total. The second-order valence-corrected chi connectivity index (χ2v) is 13.7. The van der Waals surface area contributed by atoms with Gasteiger partial charge in [0.05, 0.1) is 11.9 Å². The summed E-state index contributed by atoms with van der Waals surface area (Å²) in [6.07, 6.45) is 5.29. The van der Waals surface area contributed by atoms with E-state index in [1.807, 2.05) is 48.5 Å². The standard InChI is InChI=1S/C33H40ClN3O4S/c1-24(2)27-16-18-30(19-17-27)37(42(3,40)41)23-32(38)36(22-26-12-9-13-28(34)20-26)31(21-25-10-5-4-6-11-25)33(39)35-29-14-7-8-15-29/h4-6,9-13,16-20,24,29,31H,7-8,14-15,21-23H2,1-3H3,(H,35,39)/t31-/m0/s1. The van der Waals surface area contributed by atoms with Crippen molar-refractivity contribution in [3.63, 3.8) is 0 Å². The van der Waals surface area contributed by atoms with Gasteiger partial charge in [0.2, 0.25) is 21.8 Å². The molecule has 1 N–H and O–H groups in total. The van der Waals surface area contributed by atoms with Crippen molar-refractivity contribution in [3.8, 4) is 0 Å². The van der Waals surface area contributed by atoms with Crippen molar-refractivity contribution in [3.05, 3.63) is 101 Å². The van der Waals surface area contributed by atoms with E-state index >= 15 is 0 Å². The molecule has 0 unspecified atom stereocenters. The number of amides is 2. The number of hydrogen-bond acceptors (Lipinski definition) is 4. The molecule has 3 aromatic carbocycles. The van der Waals surface area contributed by atoms with Crippen LogP contribution in [-0.2, 0) is 32.6 Å². The molecule has 0 saturated heterocycles. The van der Waals surface area contributed by atoms with Crippen molar-refractivity contribution in [2.45, 2.75) is 70.5 Å². The fraction of sp³-hybridized carbons (Fsp3) is 0.394. The molecule has 0 aromatic heterocycles. The molecule has 1 aliphatic rings. The number of nitrogens with one attached hydrogen (secondary N) is 1. The lowest BCUT2D eigenvalue weighted by Crippen LogP contribution is -2.54. The molecule has 4 rings (SSSR count). The Morgan fingerprint density at radius 3 is 2.17 bits per heavy atom. The van der Waals surface area contributed by atoms with E-state index in [4.69, 9.17) is 11.6 Å². The van der Waals surface area contributed by atoms with Gasteiger partial charge in [0.15, 0.2) is 0 Å². The monoisotopic (exact) mass is 609 g/mol. The predicted octanol–water partition coefficient (Wildman–Crippen LogP) is 5.93. The third-order valence-electron chi connectivity index (χ3n) is 7.74. The van der Waals surface area contributed by atoms with Crippen LogP contribution in [0.1, 0.15) is 62.1 Å². The molecule has 0 radical (unpaired) electrons. The van der Waals surface area contributed by atoms with Crippen LogP contribution in [0.5, 0.6) is 0 Å². The summed E-state index contributed by atoms with van der Waals surface area (Å²) in [7, 11) is -3.82. The van der Waals surface area contributed by atoms with Crippen molar-refractivity contribution in [2.75, 3.05) is 17.1 Å². The minimum Gasteiger partial charge on any atom is -0.352 e. The Kier molecular flexibility index (Phi) is 10.7. The minimum absolute atomic E-state index is 0.0610. The van der Waals surface area contributed by atoms with E-state index in [-0.39, 0.29) is 30.8 Å². The van der Waals surface area contributed by atoms with Crippen LogP contribution in [0.15, 0.2) is 78.9 Å². The molecular formula is C33H40ClN3O4S. The highest BCUT2D eigenvalue weighted by Crippen LogP contribution is 2.24. The van der Waals surface area contributed by atoms with Gasteiger partial charge in [-0.25, -0.2) is 8.42 Å². The highest BCUT2D eigenvalue weighted by atomic mass is 35.5. The van der Waals surface area contributed by atoms with Crippen LogP contribution in [0.25, 0.3) is 0 Å². The molecule has 9 heteroatoms. The topological polar surface area (TPSA) is 86.8 Å². The fourth-order valence-electron chi connectivity index (χ4n) is 5.39. The normalized spacial score (nSPS) is 14.5. The molecule has 1 aliphatic carbocycles. The average Bonchev–Trinajstić information content (AvgIpc) is 3.46. The molecule has 1 fully saturated rings. The zero-order valence-electron chi connectivity index (χ0n) is 24.5. The molecule has 1 atom stereocenters. The van der Waals surface area contributed by atoms with E-state index < -0.39 is 28.5 Å². The maximum atomic E-state index is 14.2. The van der Waals surface area contributed by atoms with Crippen molar-refractivity contribution < 1.29 is 18.0 Å². The van der Waals surface area contributed by atoms with Gasteiger partial charge in [0.25, 0.3) is 0 Å². The molecule has 0 aliphatic heterocycles. The van der Waals surface area contributed by atoms with Crippen molar-refractivity contribution in [1.29, 1.82) is 0 Å². The zero-order valence-corrected chi connectivity index (χ0v) is 26.1. The number of anilines is 1. The summed E-state index contributed by atoms with van der Waals surface area (Å²) in [6.45, 7) is 3.77. The van der Waals surface area contributed by atoms with E-state index in [1.54, 1.807) is 30.3 Å². The first-order valence-corrected chi connectivity index (χ1v) is 16.7. The number of carbonyl (C=O) groups is 2. The van der Waals surface area contributed by atoms with Crippen LogP contribution < -0.4 is 9.62 Å². The number of halogens is 1. The second-order valence-electron chi connectivity index (χ2n) is 11.4. The summed E-state index contributed by atoms with van der Waals surface area (Å²) in [4.78, 5) is 29.6. The summed E-state index contributed by atoms with van der Waals surface area (Å²) in [5, 5.41) is 3.68. The fourth-order valence-corrected chi connectivity index (χ4v) is 6.46. The number of hydrogen-bond donors (Lipinski definition) is 1. The van der Waals surface area contributed by atoms with Gasteiger partial charge < -0.3 is 10.2 Å². The molecule has 2 amide bonds. The second kappa shape index (κ2) is 14.2. The lowest BCUT2D eigenvalue weighted by molar-refractivity contribution is -0.140. The van der Waals surface area contributed by atoms with E-state index in [9.17, 15) is 18.0 Å². The lowest BCUT2D eigenvalue weighted by Gasteiger charge is -2.34. The summed E-state index contributed by atoms with van der Waals surface area (Å²) in [6, 6.07) is 23.1. The van der Waals surface area contributed by atoms with E-state index in [2.05, 4.69) is 19.2 Å². The van der Waals surface area contributed by atoms with Crippen LogP contribution in [0, 0.1) is 0 Å². The lowest BCUT2D eigenvalue weighted by atomic mass is 10.0. The molecule has 0 bridgehead atoms. The van der Waals surface area contributed by atoms with Gasteiger partial charge in [-0.15, -0.1) is 0 Å². The quantitative estimate of drug-likeness (QED) is 0.276. The molecule has 1 saturated carbocycles. The molecule has 224 valence electrons. The highest BCUT2D eigenvalue weighted by Gasteiger charge is 2.34. The van der Waals surface area contributed by atoms with Crippen LogP contribution in [0.3, 0.4) is 0 Å². The Bertz CT molecular complexity index is 1460. The smallest absolute Gasteiger partial charge is 0.244 e. The third-order valence-corrected chi connectivity index (χ3v) is 9.12. The molecular weight excluding hydrogens is 570 g/mol. The minimum atomic E-state index is -3.82. The Balaban J connectivity index is 1.71. The number of sulfonamides is 1. The summed E-state index contributed by atoms with van der Waals surface area (Å²) in [5.74, 6) is -0.443. The molecule has 3 aromatic rings. The molecule has 0 heterocycles. The largest absolute Gasteiger partial charge is 0.352 e. The maximum absolute atomic E-state index is 14.2. The summed E-state index contributed by atoms with van der Waals surface area (Å²) >= 11 is 6.28. The number of rotatable bonds is 12. The van der Waals surface area contributed by atoms with E-state index in [1.165, 1.54) is 4.90 Å². The number of benzene rings is 3. The van der Waals surface area contributed by atoms with Gasteiger partial charge >= 0.3 is 0 Å². The summed E-state index contributed by atoms with van der Waals surface area (Å²) < 4.78 is 27.1. The molecule has 0 spiro atoms. The first-order chi connectivity index (χ1) is 20.0. The van der Waals surface area contributed by atoms with Crippen LogP contribution in [-0.4, -0.2) is 50.0 Å². The van der Waals surface area contributed by atoms with Crippen molar-refractivity contribution in [1.82, 2.24) is 10.2 Å². The van der Waals surface area contributed by atoms with Crippen molar-refractivity contribution in [2.24, 2.45) is 0 Å². The van der Waals surface area contributed by atoms with Crippen LogP contribution >= 0.6 is 11.6 Å². The van der Waals surface area contributed by atoms with Crippen LogP contribution in [0.4, 0.5) is 5.69 Å². The predicted molar refractivity (Wildman–Crippen MR) is 169 cm³/mol. The first-order valence-electron chi connectivity index (χ1n) is 14.5. The summed E-state index contributed by atoms with van der Waals surface area (Å²) in [5.41, 5.74) is 3.10. The van der Waals surface area contributed by atoms with Crippen LogP contribution in [0.2, 0.25) is 5.02 Å². The van der Waals surface area contributed by atoms with Gasteiger partial charge in [-0.2, -0.15) is 0 Å². The Labute approximate surface area is 254 Å². The van der Waals surface area contributed by atoms with Gasteiger partial charge in [-0.1, -0.05) is 92.9 Å². The third kappa shape index (κ3) is 8.58. The first kappa shape index (κ1) is 31.6. The van der Waals surface area contributed by atoms with Crippen molar-refractivity contribution >= 4 is 39.1 Å². The Morgan fingerprint density at radius 2 is 1.57 bits per heavy atom. The number of nitrogens with zero attached hydrogens (tertiary/aromatic N) is 2. The Morgan fingerprint density at radius 1 is 0.929 bits per heavy atom. The SMILES string of the molecule is CC(C)c1ccc(N(CC(=O)N(Cc2cccc(Cl)c2)[C@@H](Cc2ccccc2)C(=O)NC2CCCC2)S(C)(=O)=O)cc1. The maximum Gasteiger partial charge on any atom is 0.244 e. The highest BCUT2D eigenvalue weighted by molar-refractivity contribution is 7.92. The zero-order chi connectivity index (χ0) is 30.3. The van der Waals surface area contributed by atoms with Gasteiger partial charge in [-0.3, -0.25) is 13.9 Å². The van der Waals surface area contributed by atoms with Gasteiger partial charge in [0.1, 0.15) is 12.6 Å². The van der Waals surface area contributed by atoms with E-state index in [0.29, 0.717) is 10.7 Å². The number of carbonyl (C=O) groups excluding carboxylic acids is 2. The Hall–Kier alpha value is -3.36. The van der Waals surface area contributed by atoms with Gasteiger partial charge in [-0.05, 0) is 59.7 Å². The van der Waals surface area contributed by atoms with Gasteiger partial charge in [0, 0.05) is 24.0 Å². The average molecular weight is 610 g/mol. The molecule has 42 heavy (non-hydrogen) atoms.